The summed E-state index contributed by atoms with van der Waals surface area (Å²) in [6.45, 7) is 9.93. The Kier molecular flexibility index (Phi) is 7.78. The fourth-order valence-corrected chi connectivity index (χ4v) is 3.33. The van der Waals surface area contributed by atoms with E-state index < -0.39 is 5.60 Å². The molecule has 6 nitrogen and oxygen atoms in total. The van der Waals surface area contributed by atoms with Crippen LogP contribution in [0.3, 0.4) is 0 Å². The molecule has 0 aliphatic carbocycles. The number of piperidine rings is 1. The van der Waals surface area contributed by atoms with Crippen LogP contribution in [-0.2, 0) is 4.74 Å². The number of carbonyl (C=O) groups is 1. The lowest BCUT2D eigenvalue weighted by molar-refractivity contribution is 0.0240. The van der Waals surface area contributed by atoms with Crippen molar-refractivity contribution in [2.45, 2.75) is 39.2 Å². The number of benzene rings is 1. The van der Waals surface area contributed by atoms with Crippen LogP contribution in [0, 0.1) is 5.92 Å². The van der Waals surface area contributed by atoms with E-state index >= 15 is 0 Å². The number of amides is 1. The van der Waals surface area contributed by atoms with Crippen molar-refractivity contribution in [3.63, 3.8) is 0 Å². The third kappa shape index (κ3) is 7.29. The maximum absolute atomic E-state index is 12.2. The molecular formula is C21H34N2O4. The van der Waals surface area contributed by atoms with Crippen molar-refractivity contribution in [3.05, 3.63) is 24.3 Å². The van der Waals surface area contributed by atoms with Crippen LogP contribution in [0.1, 0.15) is 33.6 Å². The van der Waals surface area contributed by atoms with E-state index in [4.69, 9.17) is 14.2 Å². The Labute approximate surface area is 163 Å². The molecule has 0 N–H and O–H groups in total. The van der Waals surface area contributed by atoms with Crippen LogP contribution in [0.4, 0.5) is 4.79 Å². The number of hydrogen-bond donors (Lipinski definition) is 0. The third-order valence-corrected chi connectivity index (χ3v) is 4.57. The third-order valence-electron chi connectivity index (χ3n) is 4.57. The topological polar surface area (TPSA) is 51.2 Å². The van der Waals surface area contributed by atoms with E-state index in [0.29, 0.717) is 12.5 Å². The molecule has 0 radical (unpaired) electrons. The molecule has 0 aromatic heterocycles. The van der Waals surface area contributed by atoms with Gasteiger partial charge in [-0.15, -0.1) is 0 Å². The first kappa shape index (κ1) is 21.4. The molecule has 6 heteroatoms. The summed E-state index contributed by atoms with van der Waals surface area (Å²) in [4.78, 5) is 16.3. The average molecular weight is 379 g/mol. The Hall–Kier alpha value is -1.95. The van der Waals surface area contributed by atoms with Gasteiger partial charge in [0.05, 0.1) is 7.11 Å². The monoisotopic (exact) mass is 378 g/mol. The standard InChI is InChI=1S/C21H34N2O4/c1-21(2,3)27-20(24)22(4)15-17-9-8-12-23(16-17)13-14-26-19-11-7-6-10-18(19)25-5/h6-7,10-11,17H,8-9,12-16H2,1-5H3. The second kappa shape index (κ2) is 9.83. The summed E-state index contributed by atoms with van der Waals surface area (Å²) in [5, 5.41) is 0. The number of ether oxygens (including phenoxy) is 3. The van der Waals surface area contributed by atoms with E-state index in [2.05, 4.69) is 4.90 Å². The highest BCUT2D eigenvalue weighted by molar-refractivity contribution is 5.67. The van der Waals surface area contributed by atoms with Crippen molar-refractivity contribution in [3.8, 4) is 11.5 Å². The van der Waals surface area contributed by atoms with E-state index in [9.17, 15) is 4.79 Å². The molecule has 1 saturated heterocycles. The summed E-state index contributed by atoms with van der Waals surface area (Å²) in [7, 11) is 3.47. The van der Waals surface area contributed by atoms with Gasteiger partial charge in [-0.2, -0.15) is 0 Å². The Morgan fingerprint density at radius 2 is 1.96 bits per heavy atom. The predicted molar refractivity (Wildman–Crippen MR) is 107 cm³/mol. The van der Waals surface area contributed by atoms with Gasteiger partial charge in [-0.05, 0) is 58.2 Å². The lowest BCUT2D eigenvalue weighted by atomic mass is 9.97. The molecule has 1 unspecified atom stereocenters. The normalized spacial score (nSPS) is 18.0. The lowest BCUT2D eigenvalue weighted by Gasteiger charge is -2.35. The van der Waals surface area contributed by atoms with Gasteiger partial charge in [-0.3, -0.25) is 4.90 Å². The van der Waals surface area contributed by atoms with Gasteiger partial charge in [0.1, 0.15) is 12.2 Å². The zero-order valence-corrected chi connectivity index (χ0v) is 17.4. The van der Waals surface area contributed by atoms with E-state index in [1.165, 1.54) is 0 Å². The summed E-state index contributed by atoms with van der Waals surface area (Å²) in [6, 6.07) is 7.70. The number of carbonyl (C=O) groups excluding carboxylic acids is 1. The van der Waals surface area contributed by atoms with Crippen LogP contribution in [0.25, 0.3) is 0 Å². The minimum Gasteiger partial charge on any atom is -0.493 e. The van der Waals surface area contributed by atoms with Crippen molar-refractivity contribution in [2.75, 3.05) is 46.9 Å². The first-order valence-electron chi connectivity index (χ1n) is 9.71. The predicted octanol–water partition coefficient (Wildman–Crippen LogP) is 3.65. The molecule has 0 bridgehead atoms. The molecule has 1 atom stereocenters. The summed E-state index contributed by atoms with van der Waals surface area (Å²) in [5.41, 5.74) is -0.459. The highest BCUT2D eigenvalue weighted by atomic mass is 16.6. The summed E-state index contributed by atoms with van der Waals surface area (Å²) in [5.74, 6) is 1.99. The molecule has 152 valence electrons. The Morgan fingerprint density at radius 1 is 1.26 bits per heavy atom. The summed E-state index contributed by atoms with van der Waals surface area (Å²) in [6.07, 6.45) is 2.03. The molecule has 1 aromatic carbocycles. The summed E-state index contributed by atoms with van der Waals surface area (Å²) >= 11 is 0. The molecular weight excluding hydrogens is 344 g/mol. The zero-order chi connectivity index (χ0) is 19.9. The second-order valence-corrected chi connectivity index (χ2v) is 8.17. The lowest BCUT2D eigenvalue weighted by Crippen LogP contribution is -2.43. The molecule has 0 spiro atoms. The first-order chi connectivity index (χ1) is 12.8. The number of hydrogen-bond acceptors (Lipinski definition) is 5. The smallest absolute Gasteiger partial charge is 0.410 e. The fourth-order valence-electron chi connectivity index (χ4n) is 3.33. The van der Waals surface area contributed by atoms with Gasteiger partial charge < -0.3 is 19.1 Å². The highest BCUT2D eigenvalue weighted by Crippen LogP contribution is 2.26. The maximum Gasteiger partial charge on any atom is 0.410 e. The van der Waals surface area contributed by atoms with Gasteiger partial charge >= 0.3 is 6.09 Å². The second-order valence-electron chi connectivity index (χ2n) is 8.17. The van der Waals surface area contributed by atoms with Crippen molar-refractivity contribution in [1.29, 1.82) is 0 Å². The van der Waals surface area contributed by atoms with Crippen LogP contribution in [-0.4, -0.2) is 68.4 Å². The van der Waals surface area contributed by atoms with Crippen molar-refractivity contribution >= 4 is 6.09 Å². The number of nitrogens with zero attached hydrogens (tertiary/aromatic N) is 2. The maximum atomic E-state index is 12.2. The van der Waals surface area contributed by atoms with Crippen LogP contribution in [0.5, 0.6) is 11.5 Å². The van der Waals surface area contributed by atoms with Crippen LogP contribution in [0.15, 0.2) is 24.3 Å². The molecule has 1 amide bonds. The van der Waals surface area contributed by atoms with E-state index in [1.807, 2.05) is 52.1 Å². The van der Waals surface area contributed by atoms with Crippen molar-refractivity contribution in [2.24, 2.45) is 5.92 Å². The number of rotatable bonds is 7. The van der Waals surface area contributed by atoms with Crippen LogP contribution >= 0.6 is 0 Å². The van der Waals surface area contributed by atoms with Crippen LogP contribution in [0.2, 0.25) is 0 Å². The molecule has 27 heavy (non-hydrogen) atoms. The average Bonchev–Trinajstić information content (AvgIpc) is 2.61. The molecule has 1 fully saturated rings. The largest absolute Gasteiger partial charge is 0.493 e. The van der Waals surface area contributed by atoms with E-state index in [0.717, 1.165) is 50.5 Å². The molecule has 1 aliphatic heterocycles. The molecule has 1 heterocycles. The van der Waals surface area contributed by atoms with Crippen molar-refractivity contribution < 1.29 is 19.0 Å². The van der Waals surface area contributed by atoms with Crippen LogP contribution < -0.4 is 9.47 Å². The SMILES string of the molecule is COc1ccccc1OCCN1CCCC(CN(C)C(=O)OC(C)(C)C)C1. The Bertz CT molecular complexity index is 600. The van der Waals surface area contributed by atoms with Gasteiger partial charge in [0, 0.05) is 26.7 Å². The molecule has 1 aliphatic rings. The zero-order valence-electron chi connectivity index (χ0n) is 17.4. The molecule has 2 rings (SSSR count). The van der Waals surface area contributed by atoms with Gasteiger partial charge in [0.15, 0.2) is 11.5 Å². The number of methoxy groups -OCH3 is 1. The van der Waals surface area contributed by atoms with Crippen molar-refractivity contribution in [1.82, 2.24) is 9.80 Å². The Morgan fingerprint density at radius 3 is 2.63 bits per heavy atom. The van der Waals surface area contributed by atoms with Gasteiger partial charge in [-0.25, -0.2) is 4.79 Å². The fraction of sp³-hybridized carbons (Fsp3) is 0.667. The quantitative estimate of drug-likeness (QED) is 0.725. The van der Waals surface area contributed by atoms with E-state index in [-0.39, 0.29) is 6.09 Å². The van der Waals surface area contributed by atoms with Gasteiger partial charge in [-0.1, -0.05) is 12.1 Å². The molecule has 1 aromatic rings. The first-order valence-corrected chi connectivity index (χ1v) is 9.71. The van der Waals surface area contributed by atoms with E-state index in [1.54, 1.807) is 12.0 Å². The summed E-state index contributed by atoms with van der Waals surface area (Å²) < 4.78 is 16.7. The number of likely N-dealkylation sites (tertiary alicyclic amines) is 1. The minimum atomic E-state index is -0.459. The number of para-hydroxylation sites is 2. The van der Waals surface area contributed by atoms with Gasteiger partial charge in [0.2, 0.25) is 0 Å². The molecule has 0 saturated carbocycles. The Balaban J connectivity index is 1.76. The minimum absolute atomic E-state index is 0.251. The highest BCUT2D eigenvalue weighted by Gasteiger charge is 2.25. The van der Waals surface area contributed by atoms with Gasteiger partial charge in [0.25, 0.3) is 0 Å².